The van der Waals surface area contributed by atoms with Crippen LogP contribution in [-0.2, 0) is 6.54 Å². The molecule has 2 rings (SSSR count). The first kappa shape index (κ1) is 12.5. The van der Waals surface area contributed by atoms with E-state index in [1.165, 1.54) is 12.4 Å². The van der Waals surface area contributed by atoms with E-state index in [0.717, 1.165) is 5.56 Å². The molecular formula is C13H10N4O2. The highest BCUT2D eigenvalue weighted by atomic mass is 16.4. The number of nitrogens with zero attached hydrogens (tertiary/aromatic N) is 3. The maximum absolute atomic E-state index is 10.7. The first-order valence-electron chi connectivity index (χ1n) is 5.47. The molecule has 1 aromatic heterocycles. The van der Waals surface area contributed by atoms with Crippen LogP contribution in [0.4, 0.5) is 5.82 Å². The molecule has 0 aliphatic carbocycles. The molecule has 0 atom stereocenters. The molecule has 0 aliphatic rings. The zero-order chi connectivity index (χ0) is 13.7. The molecule has 0 saturated carbocycles. The molecule has 0 unspecified atom stereocenters. The molecule has 0 bridgehead atoms. The van der Waals surface area contributed by atoms with Crippen LogP contribution in [0.2, 0.25) is 0 Å². The standard InChI is InChI=1S/C13H10N4O2/c14-5-9-2-1-3-10(4-9)6-16-12-8-15-7-11(17-12)13(18)19/h1-4,7-8H,6H2,(H,16,17)(H,18,19). The SMILES string of the molecule is N#Cc1cccc(CNc2cncc(C(=O)O)n2)c1. The predicted octanol–water partition coefficient (Wildman–Crippen LogP) is 1.66. The van der Waals surface area contributed by atoms with Crippen LogP contribution in [0.3, 0.4) is 0 Å². The molecule has 6 heteroatoms. The van der Waals surface area contributed by atoms with Crippen molar-refractivity contribution in [2.45, 2.75) is 6.54 Å². The topological polar surface area (TPSA) is 98.9 Å². The molecule has 1 heterocycles. The number of carboxylic acid groups (broad SMARTS) is 1. The zero-order valence-electron chi connectivity index (χ0n) is 9.87. The summed E-state index contributed by atoms with van der Waals surface area (Å²) in [5.41, 5.74) is 1.36. The fraction of sp³-hybridized carbons (Fsp3) is 0.0769. The van der Waals surface area contributed by atoms with Crippen molar-refractivity contribution < 1.29 is 9.90 Å². The van der Waals surface area contributed by atoms with E-state index in [-0.39, 0.29) is 5.69 Å². The van der Waals surface area contributed by atoms with Crippen molar-refractivity contribution in [3.8, 4) is 6.07 Å². The summed E-state index contributed by atoms with van der Waals surface area (Å²) in [6.07, 6.45) is 2.63. The normalized spacial score (nSPS) is 9.63. The van der Waals surface area contributed by atoms with Crippen LogP contribution in [-0.4, -0.2) is 21.0 Å². The van der Waals surface area contributed by atoms with Crippen molar-refractivity contribution in [3.05, 3.63) is 53.5 Å². The van der Waals surface area contributed by atoms with Crippen LogP contribution in [0, 0.1) is 11.3 Å². The Balaban J connectivity index is 2.08. The third kappa shape index (κ3) is 3.26. The number of nitrogens with one attached hydrogen (secondary N) is 1. The van der Waals surface area contributed by atoms with Crippen LogP contribution < -0.4 is 5.32 Å². The number of carboxylic acids is 1. The number of hydrogen-bond donors (Lipinski definition) is 2. The van der Waals surface area contributed by atoms with Gasteiger partial charge in [-0.3, -0.25) is 4.98 Å². The predicted molar refractivity (Wildman–Crippen MR) is 67.5 cm³/mol. The molecular weight excluding hydrogens is 244 g/mol. The Hall–Kier alpha value is -2.94. The van der Waals surface area contributed by atoms with Crippen LogP contribution in [0.5, 0.6) is 0 Å². The first-order valence-corrected chi connectivity index (χ1v) is 5.47. The number of carbonyl (C=O) groups is 1. The number of benzene rings is 1. The summed E-state index contributed by atoms with van der Waals surface area (Å²) >= 11 is 0. The quantitative estimate of drug-likeness (QED) is 0.860. The zero-order valence-corrected chi connectivity index (χ0v) is 9.87. The smallest absolute Gasteiger partial charge is 0.356 e. The maximum Gasteiger partial charge on any atom is 0.356 e. The van der Waals surface area contributed by atoms with Gasteiger partial charge in [0.15, 0.2) is 5.69 Å². The Labute approximate surface area is 109 Å². The van der Waals surface area contributed by atoms with Crippen molar-refractivity contribution in [3.63, 3.8) is 0 Å². The lowest BCUT2D eigenvalue weighted by atomic mass is 10.1. The Morgan fingerprint density at radius 2 is 2.26 bits per heavy atom. The summed E-state index contributed by atoms with van der Waals surface area (Å²) in [5, 5.41) is 20.5. The number of aromatic carboxylic acids is 1. The van der Waals surface area contributed by atoms with Crippen molar-refractivity contribution in [1.29, 1.82) is 5.26 Å². The molecule has 0 aliphatic heterocycles. The third-order valence-corrected chi connectivity index (χ3v) is 2.38. The van der Waals surface area contributed by atoms with Gasteiger partial charge in [-0.25, -0.2) is 9.78 Å². The Kier molecular flexibility index (Phi) is 3.69. The Morgan fingerprint density at radius 3 is 3.00 bits per heavy atom. The van der Waals surface area contributed by atoms with E-state index < -0.39 is 5.97 Å². The lowest BCUT2D eigenvalue weighted by Crippen LogP contribution is -2.06. The minimum atomic E-state index is -1.12. The van der Waals surface area contributed by atoms with Crippen molar-refractivity contribution >= 4 is 11.8 Å². The second kappa shape index (κ2) is 5.60. The number of hydrogen-bond acceptors (Lipinski definition) is 5. The largest absolute Gasteiger partial charge is 0.476 e. The molecule has 6 nitrogen and oxygen atoms in total. The Bertz CT molecular complexity index is 649. The van der Waals surface area contributed by atoms with Crippen molar-refractivity contribution in [1.82, 2.24) is 9.97 Å². The van der Waals surface area contributed by atoms with Gasteiger partial charge in [0.2, 0.25) is 0 Å². The summed E-state index contributed by atoms with van der Waals surface area (Å²) in [7, 11) is 0. The minimum Gasteiger partial charge on any atom is -0.476 e. The van der Waals surface area contributed by atoms with Crippen LogP contribution in [0.25, 0.3) is 0 Å². The second-order valence-corrected chi connectivity index (χ2v) is 3.76. The van der Waals surface area contributed by atoms with E-state index in [1.807, 2.05) is 6.07 Å². The lowest BCUT2D eigenvalue weighted by Gasteiger charge is -2.06. The molecule has 0 saturated heterocycles. The van der Waals surface area contributed by atoms with E-state index >= 15 is 0 Å². The molecule has 0 amide bonds. The van der Waals surface area contributed by atoms with Gasteiger partial charge in [-0.1, -0.05) is 12.1 Å². The van der Waals surface area contributed by atoms with E-state index in [2.05, 4.69) is 21.4 Å². The number of anilines is 1. The average Bonchev–Trinajstić information content (AvgIpc) is 2.45. The summed E-state index contributed by atoms with van der Waals surface area (Å²) in [6, 6.07) is 9.17. The van der Waals surface area contributed by atoms with Crippen molar-refractivity contribution in [2.75, 3.05) is 5.32 Å². The molecule has 0 spiro atoms. The lowest BCUT2D eigenvalue weighted by molar-refractivity contribution is 0.0690. The van der Waals surface area contributed by atoms with Gasteiger partial charge < -0.3 is 10.4 Å². The van der Waals surface area contributed by atoms with E-state index in [4.69, 9.17) is 10.4 Å². The van der Waals surface area contributed by atoms with Gasteiger partial charge in [-0.2, -0.15) is 5.26 Å². The number of rotatable bonds is 4. The summed E-state index contributed by atoms with van der Waals surface area (Å²) in [4.78, 5) is 18.4. The molecule has 2 aromatic rings. The van der Waals surface area contributed by atoms with Crippen LogP contribution in [0.15, 0.2) is 36.7 Å². The fourth-order valence-electron chi connectivity index (χ4n) is 1.50. The highest BCUT2D eigenvalue weighted by Gasteiger charge is 2.05. The van der Waals surface area contributed by atoms with Gasteiger partial charge in [0.25, 0.3) is 0 Å². The summed E-state index contributed by atoms with van der Waals surface area (Å²) in [5.74, 6) is -0.745. The average molecular weight is 254 g/mol. The molecule has 19 heavy (non-hydrogen) atoms. The summed E-state index contributed by atoms with van der Waals surface area (Å²) < 4.78 is 0. The molecule has 1 aromatic carbocycles. The number of nitriles is 1. The van der Waals surface area contributed by atoms with Gasteiger partial charge in [0, 0.05) is 6.54 Å². The van der Waals surface area contributed by atoms with Gasteiger partial charge in [-0.15, -0.1) is 0 Å². The van der Waals surface area contributed by atoms with E-state index in [0.29, 0.717) is 17.9 Å². The first-order chi connectivity index (χ1) is 9.19. The van der Waals surface area contributed by atoms with Gasteiger partial charge in [0.05, 0.1) is 24.0 Å². The third-order valence-electron chi connectivity index (χ3n) is 2.38. The molecule has 2 N–H and O–H groups in total. The van der Waals surface area contributed by atoms with Gasteiger partial charge in [-0.05, 0) is 17.7 Å². The van der Waals surface area contributed by atoms with E-state index in [9.17, 15) is 4.79 Å². The number of aromatic nitrogens is 2. The minimum absolute atomic E-state index is 0.115. The second-order valence-electron chi connectivity index (χ2n) is 3.76. The monoisotopic (exact) mass is 254 g/mol. The van der Waals surface area contributed by atoms with Crippen LogP contribution >= 0.6 is 0 Å². The van der Waals surface area contributed by atoms with E-state index in [1.54, 1.807) is 18.2 Å². The maximum atomic E-state index is 10.7. The fourth-order valence-corrected chi connectivity index (χ4v) is 1.50. The van der Waals surface area contributed by atoms with Gasteiger partial charge >= 0.3 is 5.97 Å². The molecule has 0 fully saturated rings. The van der Waals surface area contributed by atoms with Gasteiger partial charge in [0.1, 0.15) is 5.82 Å². The molecule has 0 radical (unpaired) electrons. The van der Waals surface area contributed by atoms with Crippen LogP contribution in [0.1, 0.15) is 21.6 Å². The molecule has 94 valence electrons. The highest BCUT2D eigenvalue weighted by Crippen LogP contribution is 2.08. The summed E-state index contributed by atoms with van der Waals surface area (Å²) in [6.45, 7) is 0.438. The van der Waals surface area contributed by atoms with Crippen molar-refractivity contribution in [2.24, 2.45) is 0 Å². The highest BCUT2D eigenvalue weighted by molar-refractivity contribution is 5.85. The Morgan fingerprint density at radius 1 is 1.42 bits per heavy atom.